The molecule has 0 bridgehead atoms. The number of amides is 2. The van der Waals surface area contributed by atoms with Crippen molar-refractivity contribution in [1.29, 1.82) is 0 Å². The third kappa shape index (κ3) is 4.72. The molecule has 2 fully saturated rings. The van der Waals surface area contributed by atoms with Gasteiger partial charge in [-0.05, 0) is 43.7 Å². The molecule has 2 aliphatic rings. The van der Waals surface area contributed by atoms with Crippen LogP contribution in [0.2, 0.25) is 0 Å². The van der Waals surface area contributed by atoms with E-state index < -0.39 is 5.54 Å². The molecule has 0 aromatic heterocycles. The quantitative estimate of drug-likeness (QED) is 0.837. The highest BCUT2D eigenvalue weighted by atomic mass is 16.2. The largest absolute Gasteiger partial charge is 0.351 e. The van der Waals surface area contributed by atoms with Crippen molar-refractivity contribution < 1.29 is 9.59 Å². The van der Waals surface area contributed by atoms with Crippen LogP contribution in [0.5, 0.6) is 0 Å². The fourth-order valence-electron chi connectivity index (χ4n) is 4.40. The average Bonchev–Trinajstić information content (AvgIpc) is 2.94. The van der Waals surface area contributed by atoms with Crippen molar-refractivity contribution in [3.63, 3.8) is 0 Å². The maximum absolute atomic E-state index is 13.2. The number of likely N-dealkylation sites (tertiary alicyclic amines) is 1. The van der Waals surface area contributed by atoms with E-state index in [0.717, 1.165) is 24.8 Å². The molecule has 1 aromatic rings. The molecule has 0 spiro atoms. The Labute approximate surface area is 163 Å². The fourth-order valence-corrected chi connectivity index (χ4v) is 4.40. The summed E-state index contributed by atoms with van der Waals surface area (Å²) in [5, 5.41) is 3.29. The lowest BCUT2D eigenvalue weighted by Crippen LogP contribution is -2.56. The van der Waals surface area contributed by atoms with Crippen LogP contribution < -0.4 is 5.32 Å². The predicted octanol–water partition coefficient (Wildman–Crippen LogP) is 4.36. The smallest absolute Gasteiger partial charge is 0.245 e. The zero-order valence-electron chi connectivity index (χ0n) is 16.9. The van der Waals surface area contributed by atoms with Gasteiger partial charge in [0.15, 0.2) is 0 Å². The Bertz CT molecular complexity index is 647. The molecule has 1 saturated carbocycles. The van der Waals surface area contributed by atoms with Gasteiger partial charge in [-0.2, -0.15) is 0 Å². The van der Waals surface area contributed by atoms with E-state index in [4.69, 9.17) is 0 Å². The SMILES string of the molecule is CCc1ccc(CN2C(=O)CC[C@@]2(C)C(=O)NC2CCCCCCC2)cc1. The summed E-state index contributed by atoms with van der Waals surface area (Å²) >= 11 is 0. The number of nitrogens with one attached hydrogen (secondary N) is 1. The number of carbonyl (C=O) groups is 2. The molecule has 148 valence electrons. The summed E-state index contributed by atoms with van der Waals surface area (Å²) in [5.41, 5.74) is 1.65. The summed E-state index contributed by atoms with van der Waals surface area (Å²) in [6, 6.07) is 8.65. The van der Waals surface area contributed by atoms with Gasteiger partial charge in [-0.15, -0.1) is 0 Å². The number of nitrogens with zero attached hydrogens (tertiary/aromatic N) is 1. The van der Waals surface area contributed by atoms with Crippen LogP contribution in [0, 0.1) is 0 Å². The van der Waals surface area contributed by atoms with E-state index in [9.17, 15) is 9.59 Å². The van der Waals surface area contributed by atoms with Crippen LogP contribution in [-0.4, -0.2) is 28.3 Å². The summed E-state index contributed by atoms with van der Waals surface area (Å²) in [6.45, 7) is 4.59. The van der Waals surface area contributed by atoms with Gasteiger partial charge >= 0.3 is 0 Å². The third-order valence-electron chi connectivity index (χ3n) is 6.42. The first-order valence-electron chi connectivity index (χ1n) is 10.7. The molecule has 4 nitrogen and oxygen atoms in total. The molecule has 0 radical (unpaired) electrons. The van der Waals surface area contributed by atoms with Crippen LogP contribution in [0.25, 0.3) is 0 Å². The second-order valence-corrected chi connectivity index (χ2v) is 8.44. The molecule has 3 rings (SSSR count). The average molecular weight is 371 g/mol. The molecule has 1 atom stereocenters. The van der Waals surface area contributed by atoms with Crippen molar-refractivity contribution in [2.24, 2.45) is 0 Å². The highest BCUT2D eigenvalue weighted by Crippen LogP contribution is 2.32. The molecule has 2 amide bonds. The molecule has 1 N–H and O–H groups in total. The van der Waals surface area contributed by atoms with Crippen LogP contribution in [0.4, 0.5) is 0 Å². The Morgan fingerprint density at radius 1 is 1.07 bits per heavy atom. The molecule has 4 heteroatoms. The Morgan fingerprint density at radius 2 is 1.67 bits per heavy atom. The number of aryl methyl sites for hydroxylation is 1. The normalized spacial score (nSPS) is 24.5. The molecule has 0 unspecified atom stereocenters. The van der Waals surface area contributed by atoms with E-state index in [1.54, 1.807) is 4.90 Å². The monoisotopic (exact) mass is 370 g/mol. The lowest BCUT2D eigenvalue weighted by molar-refractivity contribution is -0.141. The lowest BCUT2D eigenvalue weighted by atomic mass is 9.93. The van der Waals surface area contributed by atoms with E-state index in [0.29, 0.717) is 19.4 Å². The summed E-state index contributed by atoms with van der Waals surface area (Å²) < 4.78 is 0. The van der Waals surface area contributed by atoms with Crippen LogP contribution in [0.1, 0.15) is 82.8 Å². The number of hydrogen-bond acceptors (Lipinski definition) is 2. The van der Waals surface area contributed by atoms with Crippen LogP contribution in [0.15, 0.2) is 24.3 Å². The number of rotatable bonds is 5. The molecule has 1 aliphatic heterocycles. The minimum Gasteiger partial charge on any atom is -0.351 e. The second-order valence-electron chi connectivity index (χ2n) is 8.44. The van der Waals surface area contributed by atoms with Gasteiger partial charge in [-0.25, -0.2) is 0 Å². The standard InChI is InChI=1S/C23H34N2O2/c1-3-18-11-13-19(14-12-18)17-25-21(26)15-16-23(25,2)22(27)24-20-9-7-5-4-6-8-10-20/h11-14,20H,3-10,15-17H2,1-2H3,(H,24,27)/t23-/m0/s1. The Morgan fingerprint density at radius 3 is 2.30 bits per heavy atom. The summed E-state index contributed by atoms with van der Waals surface area (Å²) in [5.74, 6) is 0.119. The molecular weight excluding hydrogens is 336 g/mol. The van der Waals surface area contributed by atoms with Crippen molar-refractivity contribution >= 4 is 11.8 Å². The van der Waals surface area contributed by atoms with Crippen molar-refractivity contribution in [2.75, 3.05) is 0 Å². The minimum atomic E-state index is -0.733. The first-order chi connectivity index (χ1) is 13.0. The van der Waals surface area contributed by atoms with Crippen LogP contribution >= 0.6 is 0 Å². The van der Waals surface area contributed by atoms with Gasteiger partial charge in [0.25, 0.3) is 0 Å². The molecular formula is C23H34N2O2. The summed E-state index contributed by atoms with van der Waals surface area (Å²) in [6.07, 6.45) is 10.4. The van der Waals surface area contributed by atoms with Crippen LogP contribution in [0.3, 0.4) is 0 Å². The fraction of sp³-hybridized carbons (Fsp3) is 0.652. The van der Waals surface area contributed by atoms with Gasteiger partial charge in [0.2, 0.25) is 11.8 Å². The van der Waals surface area contributed by atoms with Gasteiger partial charge in [-0.1, -0.05) is 63.3 Å². The number of carbonyl (C=O) groups excluding carboxylic acids is 2. The van der Waals surface area contributed by atoms with Gasteiger partial charge in [0, 0.05) is 19.0 Å². The number of benzene rings is 1. The predicted molar refractivity (Wildman–Crippen MR) is 108 cm³/mol. The highest BCUT2D eigenvalue weighted by molar-refractivity contribution is 5.94. The van der Waals surface area contributed by atoms with Gasteiger partial charge in [0.1, 0.15) is 5.54 Å². The maximum Gasteiger partial charge on any atom is 0.245 e. The highest BCUT2D eigenvalue weighted by Gasteiger charge is 2.47. The van der Waals surface area contributed by atoms with Crippen molar-refractivity contribution in [2.45, 2.75) is 96.2 Å². The molecule has 1 aliphatic carbocycles. The van der Waals surface area contributed by atoms with E-state index in [1.165, 1.54) is 37.7 Å². The van der Waals surface area contributed by atoms with Crippen molar-refractivity contribution in [3.05, 3.63) is 35.4 Å². The zero-order chi connectivity index (χ0) is 19.3. The number of hydrogen-bond donors (Lipinski definition) is 1. The lowest BCUT2D eigenvalue weighted by Gasteiger charge is -2.35. The molecule has 27 heavy (non-hydrogen) atoms. The van der Waals surface area contributed by atoms with Crippen molar-refractivity contribution in [3.8, 4) is 0 Å². The van der Waals surface area contributed by atoms with E-state index >= 15 is 0 Å². The Kier molecular flexibility index (Phi) is 6.56. The maximum atomic E-state index is 13.2. The van der Waals surface area contributed by atoms with Gasteiger partial charge < -0.3 is 10.2 Å². The molecule has 1 aromatic carbocycles. The van der Waals surface area contributed by atoms with E-state index in [2.05, 4.69) is 36.5 Å². The van der Waals surface area contributed by atoms with E-state index in [1.807, 2.05) is 6.92 Å². The Balaban J connectivity index is 1.68. The van der Waals surface area contributed by atoms with Crippen LogP contribution in [-0.2, 0) is 22.6 Å². The Hall–Kier alpha value is -1.84. The second kappa shape index (κ2) is 8.90. The van der Waals surface area contributed by atoms with Gasteiger partial charge in [-0.3, -0.25) is 9.59 Å². The topological polar surface area (TPSA) is 49.4 Å². The first kappa shape index (κ1) is 19.9. The molecule has 1 heterocycles. The summed E-state index contributed by atoms with van der Waals surface area (Å²) in [4.78, 5) is 27.5. The van der Waals surface area contributed by atoms with E-state index in [-0.39, 0.29) is 17.9 Å². The third-order valence-corrected chi connectivity index (χ3v) is 6.42. The van der Waals surface area contributed by atoms with Crippen molar-refractivity contribution in [1.82, 2.24) is 10.2 Å². The first-order valence-corrected chi connectivity index (χ1v) is 10.7. The molecule has 1 saturated heterocycles. The van der Waals surface area contributed by atoms with Gasteiger partial charge in [0.05, 0.1) is 0 Å². The zero-order valence-corrected chi connectivity index (χ0v) is 16.9. The minimum absolute atomic E-state index is 0.0316. The summed E-state index contributed by atoms with van der Waals surface area (Å²) in [7, 11) is 0.